The van der Waals surface area contributed by atoms with Crippen LogP contribution in [0, 0.1) is 5.82 Å². The number of alkyl halides is 2. The summed E-state index contributed by atoms with van der Waals surface area (Å²) < 4.78 is 78.1. The summed E-state index contributed by atoms with van der Waals surface area (Å²) in [7, 11) is -1.88. The van der Waals surface area contributed by atoms with Crippen molar-refractivity contribution in [2.75, 3.05) is 14.2 Å². The molecule has 0 saturated carbocycles. The van der Waals surface area contributed by atoms with Crippen molar-refractivity contribution in [1.29, 1.82) is 0 Å². The van der Waals surface area contributed by atoms with Crippen molar-refractivity contribution < 1.29 is 35.8 Å². The molecule has 0 aliphatic carbocycles. The maximum atomic E-state index is 13.7. The van der Waals surface area contributed by atoms with Crippen LogP contribution in [0.25, 0.3) is 16.9 Å². The molecule has 0 aliphatic rings. The third-order valence-corrected chi connectivity index (χ3v) is 4.58. The van der Waals surface area contributed by atoms with Crippen molar-refractivity contribution in [2.24, 2.45) is 5.14 Å². The van der Waals surface area contributed by atoms with Gasteiger partial charge >= 0.3 is 6.61 Å². The Bertz CT molecular complexity index is 1130. The Labute approximate surface area is 156 Å². The average molecular weight is 418 g/mol. The Kier molecular flexibility index (Phi) is 5.04. The molecule has 0 atom stereocenters. The highest BCUT2D eigenvalue weighted by Crippen LogP contribution is 2.37. The van der Waals surface area contributed by atoms with E-state index < -0.39 is 40.0 Å². The van der Waals surface area contributed by atoms with Gasteiger partial charge in [0.2, 0.25) is 21.7 Å². The maximum absolute atomic E-state index is 13.7. The third kappa shape index (κ3) is 3.53. The van der Waals surface area contributed by atoms with E-state index >= 15 is 0 Å². The van der Waals surface area contributed by atoms with Crippen LogP contribution in [-0.2, 0) is 10.0 Å². The van der Waals surface area contributed by atoms with E-state index in [-0.39, 0.29) is 21.7 Å². The summed E-state index contributed by atoms with van der Waals surface area (Å²) in [6.45, 7) is -3.20. The lowest BCUT2D eigenvalue weighted by Crippen LogP contribution is -2.12. The Morgan fingerprint density at radius 3 is 2.25 bits per heavy atom. The minimum absolute atomic E-state index is 0.0654. The largest absolute Gasteiger partial charge is 0.478 e. The fraction of sp³-hybridized carbons (Fsp3) is 0.200. The van der Waals surface area contributed by atoms with Gasteiger partial charge in [0.15, 0.2) is 0 Å². The van der Waals surface area contributed by atoms with E-state index in [1.165, 1.54) is 6.07 Å². The summed E-state index contributed by atoms with van der Waals surface area (Å²) in [5.74, 6) is -2.28. The van der Waals surface area contributed by atoms with Gasteiger partial charge in [-0.1, -0.05) is 0 Å². The summed E-state index contributed by atoms with van der Waals surface area (Å²) in [5, 5.41) is 5.32. The normalized spacial score (nSPS) is 11.8. The molecule has 0 radical (unpaired) electrons. The van der Waals surface area contributed by atoms with Crippen molar-refractivity contribution >= 4 is 20.9 Å². The number of fused-ring (bicyclic) bond motifs is 1. The highest BCUT2D eigenvalue weighted by atomic mass is 32.2. The van der Waals surface area contributed by atoms with Crippen LogP contribution in [0.5, 0.6) is 17.5 Å². The molecule has 9 nitrogen and oxygen atoms in total. The van der Waals surface area contributed by atoms with Gasteiger partial charge < -0.3 is 14.2 Å². The fourth-order valence-electron chi connectivity index (χ4n) is 2.53. The molecule has 1 aromatic carbocycles. The number of hydrogen-bond donors (Lipinski definition) is 1. The quantitative estimate of drug-likeness (QED) is 0.649. The standard InChI is InChI=1S/C15H13F3N4O5S/c1-25-12-11(27-14(17)18)13(26-2)21-15(20-12)22-6-10(28(19,23)24)8-4-3-7(16)5-9(8)22/h3-6,14H,1-2H3,(H2,19,23,24). The molecule has 28 heavy (non-hydrogen) atoms. The molecule has 0 aliphatic heterocycles. The molecule has 2 heterocycles. The third-order valence-electron chi connectivity index (χ3n) is 3.64. The molecular weight excluding hydrogens is 405 g/mol. The van der Waals surface area contributed by atoms with Gasteiger partial charge in [0.25, 0.3) is 11.8 Å². The molecule has 2 N–H and O–H groups in total. The monoisotopic (exact) mass is 418 g/mol. The number of nitrogens with zero attached hydrogens (tertiary/aromatic N) is 3. The van der Waals surface area contributed by atoms with Crippen molar-refractivity contribution in [2.45, 2.75) is 11.5 Å². The van der Waals surface area contributed by atoms with Gasteiger partial charge in [-0.15, -0.1) is 0 Å². The summed E-state index contributed by atoms with van der Waals surface area (Å²) >= 11 is 0. The summed E-state index contributed by atoms with van der Waals surface area (Å²) in [4.78, 5) is 7.55. The smallest absolute Gasteiger partial charge is 0.387 e. The van der Waals surface area contributed by atoms with E-state index in [1.807, 2.05) is 0 Å². The number of ether oxygens (including phenoxy) is 3. The van der Waals surface area contributed by atoms with Gasteiger partial charge in [-0.2, -0.15) is 18.7 Å². The van der Waals surface area contributed by atoms with Crippen LogP contribution in [0.3, 0.4) is 0 Å². The van der Waals surface area contributed by atoms with Gasteiger partial charge in [0.05, 0.1) is 19.7 Å². The predicted molar refractivity (Wildman–Crippen MR) is 89.9 cm³/mol. The maximum Gasteiger partial charge on any atom is 0.387 e. The zero-order valence-corrected chi connectivity index (χ0v) is 15.2. The van der Waals surface area contributed by atoms with Gasteiger partial charge in [-0.3, -0.25) is 4.57 Å². The lowest BCUT2D eigenvalue weighted by Gasteiger charge is -2.14. The summed E-state index contributed by atoms with van der Waals surface area (Å²) in [5.41, 5.74) is 0.0654. The number of hydrogen-bond acceptors (Lipinski definition) is 7. The molecule has 150 valence electrons. The molecule has 2 aromatic heterocycles. The summed E-state index contributed by atoms with van der Waals surface area (Å²) in [6.07, 6.45) is 1.07. The number of halogens is 3. The number of methoxy groups -OCH3 is 2. The fourth-order valence-corrected chi connectivity index (χ4v) is 3.27. The van der Waals surface area contributed by atoms with Crippen LogP contribution in [-0.4, -0.2) is 43.8 Å². The Hall–Kier alpha value is -3.06. The lowest BCUT2D eigenvalue weighted by molar-refractivity contribution is -0.0534. The zero-order valence-electron chi connectivity index (χ0n) is 14.4. The molecule has 0 spiro atoms. The molecule has 13 heteroatoms. The first-order valence-electron chi connectivity index (χ1n) is 7.44. The number of nitrogens with two attached hydrogens (primary N) is 1. The number of rotatable bonds is 6. The van der Waals surface area contributed by atoms with E-state index in [9.17, 15) is 21.6 Å². The SMILES string of the molecule is COc1nc(-n2cc(S(N)(=O)=O)c3ccc(F)cc32)nc(OC)c1OC(F)F. The summed E-state index contributed by atoms with van der Waals surface area (Å²) in [6, 6.07) is 3.32. The van der Waals surface area contributed by atoms with E-state index in [1.54, 1.807) is 0 Å². The minimum atomic E-state index is -4.17. The number of benzene rings is 1. The second kappa shape index (κ2) is 7.16. The topological polar surface area (TPSA) is 119 Å². The highest BCUT2D eigenvalue weighted by molar-refractivity contribution is 7.89. The first kappa shape index (κ1) is 19.7. The Morgan fingerprint density at radius 2 is 1.75 bits per heavy atom. The van der Waals surface area contributed by atoms with Crippen LogP contribution < -0.4 is 19.3 Å². The highest BCUT2D eigenvalue weighted by Gasteiger charge is 2.25. The molecule has 0 bridgehead atoms. The van der Waals surface area contributed by atoms with Crippen LogP contribution in [0.1, 0.15) is 0 Å². The van der Waals surface area contributed by atoms with Gasteiger partial charge in [0.1, 0.15) is 10.7 Å². The minimum Gasteiger partial charge on any atom is -0.478 e. The van der Waals surface area contributed by atoms with Crippen LogP contribution in [0.4, 0.5) is 13.2 Å². The van der Waals surface area contributed by atoms with E-state index in [0.717, 1.165) is 37.1 Å². The Balaban J connectivity index is 2.32. The van der Waals surface area contributed by atoms with Crippen LogP contribution in [0.15, 0.2) is 29.3 Å². The van der Waals surface area contributed by atoms with Crippen molar-refractivity contribution in [3.05, 3.63) is 30.2 Å². The van der Waals surface area contributed by atoms with E-state index in [4.69, 9.17) is 14.6 Å². The molecule has 0 amide bonds. The van der Waals surface area contributed by atoms with Gasteiger partial charge in [0, 0.05) is 11.6 Å². The number of primary sulfonamides is 1. The average Bonchev–Trinajstić information content (AvgIpc) is 3.00. The Morgan fingerprint density at radius 1 is 1.14 bits per heavy atom. The first-order valence-corrected chi connectivity index (χ1v) is 8.99. The van der Waals surface area contributed by atoms with Crippen LogP contribution >= 0.6 is 0 Å². The number of aromatic nitrogens is 3. The second-order valence-corrected chi connectivity index (χ2v) is 6.85. The zero-order chi connectivity index (χ0) is 20.6. The molecule has 3 rings (SSSR count). The van der Waals surface area contributed by atoms with Crippen molar-refractivity contribution in [1.82, 2.24) is 14.5 Å². The van der Waals surface area contributed by atoms with Crippen molar-refractivity contribution in [3.8, 4) is 23.5 Å². The first-order chi connectivity index (χ1) is 13.2. The predicted octanol–water partition coefficient (Wildman–Crippen LogP) is 1.83. The van der Waals surface area contributed by atoms with Gasteiger partial charge in [-0.25, -0.2) is 17.9 Å². The second-order valence-electron chi connectivity index (χ2n) is 5.32. The lowest BCUT2D eigenvalue weighted by atomic mass is 10.2. The van der Waals surface area contributed by atoms with E-state index in [0.29, 0.717) is 0 Å². The number of sulfonamides is 1. The van der Waals surface area contributed by atoms with E-state index in [2.05, 4.69) is 14.7 Å². The molecule has 0 saturated heterocycles. The molecular formula is C15H13F3N4O5S. The van der Waals surface area contributed by atoms with Crippen LogP contribution in [0.2, 0.25) is 0 Å². The van der Waals surface area contributed by atoms with Crippen molar-refractivity contribution in [3.63, 3.8) is 0 Å². The molecule has 0 unspecified atom stereocenters. The van der Waals surface area contributed by atoms with Gasteiger partial charge in [-0.05, 0) is 18.2 Å². The molecule has 0 fully saturated rings. The molecule has 3 aromatic rings.